The summed E-state index contributed by atoms with van der Waals surface area (Å²) < 4.78 is 17.6. The Morgan fingerprint density at radius 1 is 0.929 bits per heavy atom. The second kappa shape index (κ2) is 12.3. The van der Waals surface area contributed by atoms with Crippen LogP contribution in [0.2, 0.25) is 0 Å². The molecule has 160 valence electrons. The summed E-state index contributed by atoms with van der Waals surface area (Å²) in [6.45, 7) is 6.11. The Kier molecular flexibility index (Phi) is 10.1. The average Bonchev–Trinajstić information content (AvgIpc) is 2.68. The van der Waals surface area contributed by atoms with Crippen LogP contribution in [0.3, 0.4) is 0 Å². The van der Waals surface area contributed by atoms with Crippen LogP contribution in [-0.2, 0) is 4.74 Å². The summed E-state index contributed by atoms with van der Waals surface area (Å²) in [6.07, 6.45) is 3.89. The van der Waals surface area contributed by atoms with Crippen LogP contribution in [0.5, 0.6) is 11.8 Å². The van der Waals surface area contributed by atoms with E-state index in [4.69, 9.17) is 24.2 Å². The third-order valence-electron chi connectivity index (χ3n) is 4.27. The van der Waals surface area contributed by atoms with E-state index in [1.807, 2.05) is 6.26 Å². The van der Waals surface area contributed by atoms with E-state index in [1.165, 1.54) is 0 Å². The van der Waals surface area contributed by atoms with E-state index in [0.717, 1.165) is 43.9 Å². The molecule has 8 nitrogen and oxygen atoms in total. The molecule has 1 saturated heterocycles. The van der Waals surface area contributed by atoms with E-state index in [-0.39, 0.29) is 0 Å². The molecule has 1 aliphatic rings. The molecule has 0 spiro atoms. The van der Waals surface area contributed by atoms with Crippen LogP contribution in [0, 0.1) is 0 Å². The minimum atomic E-state index is 0.616. The first kappa shape index (κ1) is 23.0. The van der Waals surface area contributed by atoms with Crippen molar-refractivity contribution in [2.24, 2.45) is 0 Å². The van der Waals surface area contributed by atoms with Crippen molar-refractivity contribution in [1.82, 2.24) is 19.8 Å². The fraction of sp³-hybridized carbons (Fsp3) is 0.789. The molecule has 28 heavy (non-hydrogen) atoms. The molecular formula is C19H35N5O3S. The number of ether oxygens (including phenoxy) is 3. The second-order valence-electron chi connectivity index (χ2n) is 7.28. The molecular weight excluding hydrogens is 378 g/mol. The smallest absolute Gasteiger partial charge is 0.236 e. The topological polar surface area (TPSA) is 63.2 Å². The predicted molar refractivity (Wildman–Crippen MR) is 114 cm³/mol. The van der Waals surface area contributed by atoms with E-state index in [1.54, 1.807) is 11.8 Å². The normalized spacial score (nSPS) is 14.8. The van der Waals surface area contributed by atoms with Crippen molar-refractivity contribution in [3.05, 3.63) is 0 Å². The Labute approximate surface area is 173 Å². The molecule has 0 aliphatic carbocycles. The van der Waals surface area contributed by atoms with E-state index < -0.39 is 0 Å². The maximum absolute atomic E-state index is 6.05. The molecule has 0 radical (unpaired) electrons. The fourth-order valence-corrected chi connectivity index (χ4v) is 3.33. The molecule has 1 aromatic rings. The Bertz CT molecular complexity index is 546. The molecule has 0 atom stereocenters. The predicted octanol–water partition coefficient (Wildman–Crippen LogP) is 1.70. The third-order valence-corrected chi connectivity index (χ3v) is 5.02. The van der Waals surface area contributed by atoms with Crippen LogP contribution in [-0.4, -0.2) is 107 Å². The summed E-state index contributed by atoms with van der Waals surface area (Å²) in [5.41, 5.74) is 0. The number of hydrogen-bond acceptors (Lipinski definition) is 9. The Morgan fingerprint density at radius 2 is 1.43 bits per heavy atom. The highest BCUT2D eigenvalue weighted by molar-refractivity contribution is 7.98. The molecule has 1 fully saturated rings. The van der Waals surface area contributed by atoms with Crippen molar-refractivity contribution in [1.29, 1.82) is 0 Å². The largest absolute Gasteiger partial charge is 0.477 e. The Balaban J connectivity index is 2.15. The lowest BCUT2D eigenvalue weighted by atomic mass is 10.4. The first-order valence-corrected chi connectivity index (χ1v) is 11.1. The lowest BCUT2D eigenvalue weighted by Gasteiger charge is -2.27. The number of rotatable bonds is 12. The van der Waals surface area contributed by atoms with Gasteiger partial charge < -0.3 is 28.9 Å². The molecule has 9 heteroatoms. The number of hydrogen-bond donors (Lipinski definition) is 0. The first-order valence-electron chi connectivity index (χ1n) is 9.85. The van der Waals surface area contributed by atoms with Crippen molar-refractivity contribution in [2.75, 3.05) is 92.0 Å². The monoisotopic (exact) mass is 413 g/mol. The van der Waals surface area contributed by atoms with Crippen molar-refractivity contribution < 1.29 is 14.2 Å². The highest BCUT2D eigenvalue weighted by Gasteiger charge is 2.21. The van der Waals surface area contributed by atoms with Gasteiger partial charge in [0.25, 0.3) is 0 Å². The zero-order chi connectivity index (χ0) is 20.4. The lowest BCUT2D eigenvalue weighted by Crippen LogP contribution is -2.37. The maximum Gasteiger partial charge on any atom is 0.236 e. The van der Waals surface area contributed by atoms with Crippen LogP contribution in [0.25, 0.3) is 0 Å². The molecule has 0 aromatic carbocycles. The van der Waals surface area contributed by atoms with Gasteiger partial charge in [-0.1, -0.05) is 0 Å². The van der Waals surface area contributed by atoms with Gasteiger partial charge in [0.05, 0.1) is 26.4 Å². The molecule has 2 rings (SSSR count). The maximum atomic E-state index is 6.05. The number of anilines is 1. The summed E-state index contributed by atoms with van der Waals surface area (Å²) in [4.78, 5) is 16.7. The molecule has 0 unspecified atom stereocenters. The summed E-state index contributed by atoms with van der Waals surface area (Å²) in [7, 11) is 8.25. The van der Waals surface area contributed by atoms with Gasteiger partial charge in [-0.2, -0.15) is 9.97 Å². The fourth-order valence-electron chi connectivity index (χ4n) is 2.77. The van der Waals surface area contributed by atoms with Crippen molar-refractivity contribution in [3.8, 4) is 11.8 Å². The molecule has 0 N–H and O–H groups in total. The van der Waals surface area contributed by atoms with Gasteiger partial charge in [0, 0.05) is 26.2 Å². The summed E-state index contributed by atoms with van der Waals surface area (Å²) in [6, 6.07) is 0. The van der Waals surface area contributed by atoms with E-state index in [9.17, 15) is 0 Å². The average molecular weight is 414 g/mol. The summed E-state index contributed by atoms with van der Waals surface area (Å²) in [5.74, 6) is 1.89. The van der Waals surface area contributed by atoms with Crippen molar-refractivity contribution >= 4 is 17.7 Å². The first-order chi connectivity index (χ1) is 13.5. The molecule has 0 saturated carbocycles. The quantitative estimate of drug-likeness (QED) is 0.376. The molecule has 1 aliphatic heterocycles. The third kappa shape index (κ3) is 7.62. The van der Waals surface area contributed by atoms with Crippen molar-refractivity contribution in [3.63, 3.8) is 0 Å². The van der Waals surface area contributed by atoms with Gasteiger partial charge in [0.2, 0.25) is 17.7 Å². The lowest BCUT2D eigenvalue weighted by molar-refractivity contribution is 0.121. The van der Waals surface area contributed by atoms with Crippen LogP contribution in [0.15, 0.2) is 4.90 Å². The molecule has 2 heterocycles. The minimum absolute atomic E-state index is 0.616. The highest BCUT2D eigenvalue weighted by atomic mass is 32.2. The number of morpholine rings is 1. The minimum Gasteiger partial charge on any atom is -0.477 e. The van der Waals surface area contributed by atoms with E-state index in [2.05, 4.69) is 42.9 Å². The van der Waals surface area contributed by atoms with Gasteiger partial charge in [-0.05, 0) is 47.3 Å². The van der Waals surface area contributed by atoms with E-state index >= 15 is 0 Å². The summed E-state index contributed by atoms with van der Waals surface area (Å²) >= 11 is 1.57. The van der Waals surface area contributed by atoms with Crippen LogP contribution >= 0.6 is 11.8 Å². The van der Waals surface area contributed by atoms with Crippen LogP contribution in [0.1, 0.15) is 12.8 Å². The van der Waals surface area contributed by atoms with Crippen molar-refractivity contribution in [2.45, 2.75) is 17.7 Å². The van der Waals surface area contributed by atoms with Gasteiger partial charge in [-0.15, -0.1) is 11.8 Å². The second-order valence-corrected chi connectivity index (χ2v) is 8.09. The van der Waals surface area contributed by atoms with E-state index in [0.29, 0.717) is 44.1 Å². The van der Waals surface area contributed by atoms with Gasteiger partial charge in [-0.3, -0.25) is 0 Å². The van der Waals surface area contributed by atoms with Gasteiger partial charge >= 0.3 is 0 Å². The number of thioether (sulfide) groups is 1. The zero-order valence-electron chi connectivity index (χ0n) is 17.9. The van der Waals surface area contributed by atoms with Crippen LogP contribution < -0.4 is 14.4 Å². The number of nitrogens with zero attached hydrogens (tertiary/aromatic N) is 5. The highest BCUT2D eigenvalue weighted by Crippen LogP contribution is 2.36. The summed E-state index contributed by atoms with van der Waals surface area (Å²) in [5, 5.41) is 0. The Hall–Kier alpha value is -1.29. The van der Waals surface area contributed by atoms with Gasteiger partial charge in [0.15, 0.2) is 0 Å². The molecule has 1 aromatic heterocycles. The SMILES string of the molecule is CSc1c(OCCCN(C)C)nc(N2CCOCC2)nc1OCCCN(C)C. The van der Waals surface area contributed by atoms with Gasteiger partial charge in [0.1, 0.15) is 4.90 Å². The molecule has 0 bridgehead atoms. The Morgan fingerprint density at radius 3 is 1.86 bits per heavy atom. The van der Waals surface area contributed by atoms with Crippen LogP contribution in [0.4, 0.5) is 5.95 Å². The number of aromatic nitrogens is 2. The van der Waals surface area contributed by atoms with Gasteiger partial charge in [-0.25, -0.2) is 0 Å². The molecule has 0 amide bonds. The standard InChI is InChI=1S/C19H35N5O3S/c1-22(2)8-6-12-26-17-16(28-5)18(27-13-7-9-23(3)4)21-19(20-17)24-10-14-25-15-11-24/h6-15H2,1-5H3. The zero-order valence-corrected chi connectivity index (χ0v) is 18.8.